The van der Waals surface area contributed by atoms with Crippen molar-refractivity contribution in [1.29, 1.82) is 0 Å². The Morgan fingerprint density at radius 2 is 1.85 bits per heavy atom. The van der Waals surface area contributed by atoms with E-state index in [2.05, 4.69) is 21.5 Å². The van der Waals surface area contributed by atoms with E-state index in [-0.39, 0.29) is 17.2 Å². The molecule has 0 atom stereocenters. The normalized spacial score (nSPS) is 14.3. The number of furan rings is 1. The number of ether oxygens (including phenoxy) is 1. The van der Waals surface area contributed by atoms with Crippen molar-refractivity contribution < 1.29 is 35.5 Å². The van der Waals surface area contributed by atoms with E-state index < -0.39 is 28.2 Å². The SMILES string of the molecule is CC1(C)c2cc(NS(C)(=O)=O)ccc2C(=O)c2c1oc1cc(C#Cc3cc(OCC(F)(F)F)ccn3)ccc21. The van der Waals surface area contributed by atoms with Crippen molar-refractivity contribution in [2.45, 2.75) is 25.4 Å². The molecule has 11 heteroatoms. The number of sulfonamides is 1. The van der Waals surface area contributed by atoms with Gasteiger partial charge in [0.05, 0.1) is 11.8 Å². The van der Waals surface area contributed by atoms with Gasteiger partial charge in [-0.15, -0.1) is 0 Å². The predicted octanol–water partition coefficient (Wildman–Crippen LogP) is 5.41. The van der Waals surface area contributed by atoms with Crippen molar-refractivity contribution in [3.63, 3.8) is 0 Å². The molecule has 4 aromatic rings. The summed E-state index contributed by atoms with van der Waals surface area (Å²) >= 11 is 0. The number of nitrogens with zero attached hydrogens (tertiary/aromatic N) is 1. The van der Waals surface area contributed by atoms with Crippen LogP contribution < -0.4 is 9.46 Å². The summed E-state index contributed by atoms with van der Waals surface area (Å²) in [4.78, 5) is 17.5. The largest absolute Gasteiger partial charge is 0.484 e. The number of hydrogen-bond acceptors (Lipinski definition) is 6. The third-order valence-electron chi connectivity index (χ3n) is 6.19. The Morgan fingerprint density at radius 1 is 1.08 bits per heavy atom. The molecule has 0 bridgehead atoms. The van der Waals surface area contributed by atoms with Crippen LogP contribution in [0.1, 0.15) is 52.3 Å². The molecule has 2 aromatic carbocycles. The number of hydrogen-bond donors (Lipinski definition) is 1. The fourth-order valence-electron chi connectivity index (χ4n) is 4.50. The van der Waals surface area contributed by atoms with Gasteiger partial charge in [-0.1, -0.05) is 5.92 Å². The van der Waals surface area contributed by atoms with Crippen molar-refractivity contribution in [3.05, 3.63) is 88.4 Å². The van der Waals surface area contributed by atoms with E-state index in [1.54, 1.807) is 36.4 Å². The lowest BCUT2D eigenvalue weighted by Gasteiger charge is -2.31. The third kappa shape index (κ3) is 5.33. The van der Waals surface area contributed by atoms with Crippen LogP contribution in [0.3, 0.4) is 0 Å². The van der Waals surface area contributed by atoms with Gasteiger partial charge in [0.1, 0.15) is 22.8 Å². The first-order valence-electron chi connectivity index (χ1n) is 11.6. The molecular weight excluding hydrogens is 533 g/mol. The van der Waals surface area contributed by atoms with E-state index in [4.69, 9.17) is 9.15 Å². The van der Waals surface area contributed by atoms with E-state index in [0.717, 1.165) is 6.26 Å². The van der Waals surface area contributed by atoms with E-state index >= 15 is 0 Å². The van der Waals surface area contributed by atoms with Gasteiger partial charge in [0.15, 0.2) is 12.4 Å². The zero-order valence-electron chi connectivity index (χ0n) is 20.9. The van der Waals surface area contributed by atoms with Gasteiger partial charge in [-0.25, -0.2) is 13.4 Å². The van der Waals surface area contributed by atoms with Gasteiger partial charge in [-0.05, 0) is 67.8 Å². The van der Waals surface area contributed by atoms with Crippen molar-refractivity contribution >= 4 is 32.5 Å². The van der Waals surface area contributed by atoms with E-state index in [9.17, 15) is 26.4 Å². The summed E-state index contributed by atoms with van der Waals surface area (Å²) in [6, 6.07) is 12.5. The van der Waals surface area contributed by atoms with Gasteiger partial charge in [-0.3, -0.25) is 9.52 Å². The molecule has 0 unspecified atom stereocenters. The Kier molecular flexibility index (Phi) is 6.18. The first kappa shape index (κ1) is 26.3. The average Bonchev–Trinajstić information content (AvgIpc) is 3.24. The average molecular weight is 555 g/mol. The van der Waals surface area contributed by atoms with Crippen LogP contribution in [0.15, 0.2) is 59.1 Å². The minimum absolute atomic E-state index is 0.00371. The maximum atomic E-state index is 13.5. The highest BCUT2D eigenvalue weighted by Crippen LogP contribution is 2.46. The van der Waals surface area contributed by atoms with Gasteiger partial charge < -0.3 is 9.15 Å². The maximum absolute atomic E-state index is 13.5. The lowest BCUT2D eigenvalue weighted by molar-refractivity contribution is -0.153. The second kappa shape index (κ2) is 9.17. The number of anilines is 1. The summed E-state index contributed by atoms with van der Waals surface area (Å²) in [7, 11) is -3.51. The van der Waals surface area contributed by atoms with Crippen molar-refractivity contribution in [1.82, 2.24) is 4.98 Å². The molecule has 2 aromatic heterocycles. The minimum Gasteiger partial charge on any atom is -0.484 e. The van der Waals surface area contributed by atoms with Crippen LogP contribution in [0.2, 0.25) is 0 Å². The smallest absolute Gasteiger partial charge is 0.422 e. The molecule has 0 spiro atoms. The summed E-state index contributed by atoms with van der Waals surface area (Å²) in [6.07, 6.45) is -2.10. The summed E-state index contributed by atoms with van der Waals surface area (Å²) in [5.41, 5.74) is 2.31. The fraction of sp³-hybridized carbons (Fsp3) is 0.214. The molecule has 0 fully saturated rings. The van der Waals surface area contributed by atoms with Gasteiger partial charge in [-0.2, -0.15) is 13.2 Å². The van der Waals surface area contributed by atoms with Crippen LogP contribution in [0.4, 0.5) is 18.9 Å². The Balaban J connectivity index is 1.49. The summed E-state index contributed by atoms with van der Waals surface area (Å²) < 4.78 is 74.1. The van der Waals surface area contributed by atoms with Gasteiger partial charge in [0.2, 0.25) is 10.0 Å². The number of fused-ring (bicyclic) bond motifs is 4. The summed E-state index contributed by atoms with van der Waals surface area (Å²) in [5, 5.41) is 0.610. The molecule has 2 heterocycles. The Morgan fingerprint density at radius 3 is 2.56 bits per heavy atom. The Labute approximate surface area is 222 Å². The molecule has 0 amide bonds. The highest BCUT2D eigenvalue weighted by molar-refractivity contribution is 7.92. The number of ketones is 1. The Hall–Kier alpha value is -4.30. The molecule has 39 heavy (non-hydrogen) atoms. The molecule has 0 saturated heterocycles. The minimum atomic E-state index is -4.46. The number of aromatic nitrogens is 1. The van der Waals surface area contributed by atoms with E-state index in [0.29, 0.717) is 44.7 Å². The number of alkyl halides is 3. The van der Waals surface area contributed by atoms with Gasteiger partial charge in [0, 0.05) is 39.9 Å². The number of benzene rings is 2. The number of carbonyl (C=O) groups is 1. The van der Waals surface area contributed by atoms with Crippen LogP contribution in [-0.2, 0) is 15.4 Å². The van der Waals surface area contributed by atoms with Gasteiger partial charge >= 0.3 is 6.18 Å². The lowest BCUT2D eigenvalue weighted by atomic mass is 9.71. The molecule has 1 aliphatic rings. The summed E-state index contributed by atoms with van der Waals surface area (Å²) in [6.45, 7) is 2.37. The zero-order chi connectivity index (χ0) is 28.2. The Bertz CT molecular complexity index is 1810. The second-order valence-electron chi connectivity index (χ2n) is 9.64. The first-order valence-corrected chi connectivity index (χ1v) is 13.5. The highest BCUT2D eigenvalue weighted by Gasteiger charge is 2.41. The molecule has 0 saturated carbocycles. The van der Waals surface area contributed by atoms with E-state index in [1.807, 2.05) is 13.8 Å². The number of rotatable bonds is 4. The number of halogens is 3. The quantitative estimate of drug-likeness (QED) is 0.339. The van der Waals surface area contributed by atoms with Crippen LogP contribution >= 0.6 is 0 Å². The molecule has 7 nitrogen and oxygen atoms in total. The molecule has 1 aliphatic carbocycles. The van der Waals surface area contributed by atoms with Crippen LogP contribution in [-0.4, -0.2) is 38.2 Å². The third-order valence-corrected chi connectivity index (χ3v) is 6.80. The van der Waals surface area contributed by atoms with Crippen molar-refractivity contribution in [2.75, 3.05) is 17.6 Å². The molecule has 1 N–H and O–H groups in total. The molecule has 5 rings (SSSR count). The van der Waals surface area contributed by atoms with Gasteiger partial charge in [0.25, 0.3) is 0 Å². The lowest BCUT2D eigenvalue weighted by Crippen LogP contribution is -2.29. The zero-order valence-corrected chi connectivity index (χ0v) is 21.8. The topological polar surface area (TPSA) is 98.5 Å². The second-order valence-corrected chi connectivity index (χ2v) is 11.4. The predicted molar refractivity (Wildman–Crippen MR) is 138 cm³/mol. The molecule has 0 aliphatic heterocycles. The maximum Gasteiger partial charge on any atom is 0.422 e. The number of nitrogens with one attached hydrogen (secondary N) is 1. The highest BCUT2D eigenvalue weighted by atomic mass is 32.2. The van der Waals surface area contributed by atoms with Crippen molar-refractivity contribution in [2.24, 2.45) is 0 Å². The van der Waals surface area contributed by atoms with Crippen molar-refractivity contribution in [3.8, 4) is 17.6 Å². The van der Waals surface area contributed by atoms with Crippen LogP contribution in [0.5, 0.6) is 5.75 Å². The fourth-order valence-corrected chi connectivity index (χ4v) is 5.06. The monoisotopic (exact) mass is 554 g/mol. The number of pyridine rings is 1. The molecule has 0 radical (unpaired) electrons. The van der Waals surface area contributed by atoms with Crippen LogP contribution in [0, 0.1) is 11.8 Å². The van der Waals surface area contributed by atoms with E-state index in [1.165, 1.54) is 18.3 Å². The van der Waals surface area contributed by atoms with Crippen LogP contribution in [0.25, 0.3) is 11.0 Å². The standard InChI is InChI=1S/C28H21F3N2O5S/c1-27(2)22-14-18(33-39(3,35)36)7-9-20(22)25(34)24-21-8-5-16(12-23(21)38-26(24)27)4-6-17-13-19(10-11-32-17)37-15-28(29,30)31/h5,7-14,33H,15H2,1-3H3. The molecular formula is C28H21F3N2O5S. The first-order chi connectivity index (χ1) is 18.2. The molecule has 200 valence electrons. The number of carbonyl (C=O) groups excluding carboxylic acids is 1. The summed E-state index contributed by atoms with van der Waals surface area (Å²) in [5.74, 6) is 5.93.